The lowest BCUT2D eigenvalue weighted by molar-refractivity contribution is -0.156. The second-order valence-corrected chi connectivity index (χ2v) is 3.85. The Labute approximate surface area is 108 Å². The molecule has 0 saturated heterocycles. The highest BCUT2D eigenvalue weighted by atomic mass is 19.2. The number of hydrogen-bond donors (Lipinski definition) is 1. The Morgan fingerprint density at radius 3 is 2.25 bits per heavy atom. The van der Waals surface area contributed by atoms with E-state index in [1.807, 2.05) is 0 Å². The first kappa shape index (κ1) is 15.9. The summed E-state index contributed by atoms with van der Waals surface area (Å²) in [5.41, 5.74) is -3.07. The second kappa shape index (κ2) is 5.43. The summed E-state index contributed by atoms with van der Waals surface area (Å²) in [6, 6.07) is 0. The summed E-state index contributed by atoms with van der Waals surface area (Å²) in [6.07, 6.45) is -2.55. The molecule has 4 nitrogen and oxygen atoms in total. The van der Waals surface area contributed by atoms with Crippen molar-refractivity contribution < 1.29 is 41.4 Å². The number of alkyl halides is 1. The molecule has 1 rings (SSSR count). The van der Waals surface area contributed by atoms with Crippen molar-refractivity contribution in [3.63, 3.8) is 0 Å². The molecule has 0 radical (unpaired) electrons. The van der Waals surface area contributed by atoms with Crippen LogP contribution < -0.4 is 0 Å². The molecule has 9 heteroatoms. The van der Waals surface area contributed by atoms with Gasteiger partial charge in [0.1, 0.15) is 0 Å². The van der Waals surface area contributed by atoms with E-state index in [0.717, 1.165) is 0 Å². The lowest BCUT2D eigenvalue weighted by atomic mass is 9.92. The Morgan fingerprint density at radius 2 is 1.75 bits per heavy atom. The van der Waals surface area contributed by atoms with E-state index in [1.165, 1.54) is 0 Å². The van der Waals surface area contributed by atoms with Gasteiger partial charge in [0.2, 0.25) is 11.8 Å². The highest BCUT2D eigenvalue weighted by Crippen LogP contribution is 2.43. The van der Waals surface area contributed by atoms with Crippen LogP contribution in [-0.2, 0) is 14.3 Å². The van der Waals surface area contributed by atoms with Crippen LogP contribution in [0.15, 0.2) is 35.5 Å². The number of esters is 1. The van der Waals surface area contributed by atoms with Crippen molar-refractivity contribution >= 4 is 11.9 Å². The van der Waals surface area contributed by atoms with Crippen LogP contribution in [0.5, 0.6) is 0 Å². The summed E-state index contributed by atoms with van der Waals surface area (Å²) in [5, 5.41) is 8.23. The van der Waals surface area contributed by atoms with Crippen LogP contribution in [0, 0.1) is 0 Å². The number of halogens is 5. The van der Waals surface area contributed by atoms with Crippen LogP contribution in [-0.4, -0.2) is 28.8 Å². The number of carboxylic acid groups (broad SMARTS) is 1. The predicted molar refractivity (Wildman–Crippen MR) is 54.7 cm³/mol. The zero-order valence-electron chi connectivity index (χ0n) is 9.79. The van der Waals surface area contributed by atoms with Gasteiger partial charge in [-0.15, -0.1) is 0 Å². The van der Waals surface area contributed by atoms with E-state index in [-0.39, 0.29) is 12.2 Å². The highest BCUT2D eigenvalue weighted by molar-refractivity contribution is 5.91. The molecule has 0 spiro atoms. The van der Waals surface area contributed by atoms with Gasteiger partial charge in [0.25, 0.3) is 0 Å². The number of ether oxygens (including phenoxy) is 1. The molecule has 0 fully saturated rings. The van der Waals surface area contributed by atoms with E-state index < -0.39 is 47.0 Å². The Hall–Kier alpha value is -2.19. The molecular formula is C11H7F5O4. The molecule has 110 valence electrons. The predicted octanol–water partition coefficient (Wildman–Crippen LogP) is 2.58. The molecule has 1 aliphatic carbocycles. The average molecular weight is 298 g/mol. The van der Waals surface area contributed by atoms with Gasteiger partial charge in [0.15, 0.2) is 23.3 Å². The van der Waals surface area contributed by atoms with Crippen molar-refractivity contribution in [1.82, 2.24) is 0 Å². The number of aliphatic carboxylic acids is 1. The number of rotatable bonds is 3. The average Bonchev–Trinajstić information content (AvgIpc) is 2.39. The zero-order valence-corrected chi connectivity index (χ0v) is 9.79. The molecule has 0 bridgehead atoms. The molecular weight excluding hydrogens is 291 g/mol. The fourth-order valence-electron chi connectivity index (χ4n) is 1.36. The molecule has 0 aromatic heterocycles. The topological polar surface area (TPSA) is 63.6 Å². The van der Waals surface area contributed by atoms with Gasteiger partial charge < -0.3 is 9.84 Å². The zero-order chi connectivity index (χ0) is 15.7. The minimum atomic E-state index is -3.11. The van der Waals surface area contributed by atoms with E-state index in [4.69, 9.17) is 5.11 Å². The second-order valence-electron chi connectivity index (χ2n) is 3.85. The first-order valence-electron chi connectivity index (χ1n) is 5.00. The lowest BCUT2D eigenvalue weighted by Crippen LogP contribution is -2.45. The van der Waals surface area contributed by atoms with E-state index in [9.17, 15) is 31.5 Å². The fraction of sp³-hybridized carbons (Fsp3) is 0.273. The molecule has 0 amide bonds. The summed E-state index contributed by atoms with van der Waals surface area (Å²) < 4.78 is 70.0. The smallest absolute Gasteiger partial charge is 0.332 e. The number of carbonyl (C=O) groups excluding carboxylic acids is 1. The van der Waals surface area contributed by atoms with Crippen molar-refractivity contribution in [2.24, 2.45) is 0 Å². The third-order valence-corrected chi connectivity index (χ3v) is 2.41. The van der Waals surface area contributed by atoms with Gasteiger partial charge in [-0.25, -0.2) is 31.5 Å². The van der Waals surface area contributed by atoms with Gasteiger partial charge >= 0.3 is 11.9 Å². The largest absolute Gasteiger partial charge is 0.478 e. The summed E-state index contributed by atoms with van der Waals surface area (Å²) >= 11 is 0. The van der Waals surface area contributed by atoms with Gasteiger partial charge in [0, 0.05) is 12.2 Å². The lowest BCUT2D eigenvalue weighted by Gasteiger charge is -2.32. The van der Waals surface area contributed by atoms with Crippen LogP contribution in [0.3, 0.4) is 0 Å². The van der Waals surface area contributed by atoms with Crippen LogP contribution in [0.1, 0.15) is 6.92 Å². The summed E-state index contributed by atoms with van der Waals surface area (Å²) in [7, 11) is 0. The summed E-state index contributed by atoms with van der Waals surface area (Å²) in [6.45, 7) is 0.477. The van der Waals surface area contributed by atoms with Crippen LogP contribution in [0.4, 0.5) is 22.0 Å². The molecule has 0 aromatic carbocycles. The third kappa shape index (κ3) is 2.70. The summed E-state index contributed by atoms with van der Waals surface area (Å²) in [4.78, 5) is 21.2. The Kier molecular flexibility index (Phi) is 4.31. The Balaban J connectivity index is 3.10. The SMILES string of the molecule is CC1(OC(=O)C=CC(=O)O)C(F)=C(F)C(F)=C(F)C1F. The van der Waals surface area contributed by atoms with E-state index in [2.05, 4.69) is 4.74 Å². The maximum absolute atomic E-state index is 13.5. The van der Waals surface area contributed by atoms with Crippen molar-refractivity contribution in [3.05, 3.63) is 35.5 Å². The van der Waals surface area contributed by atoms with Gasteiger partial charge in [-0.3, -0.25) is 0 Å². The minimum Gasteiger partial charge on any atom is -0.478 e. The first-order chi connectivity index (χ1) is 9.11. The maximum Gasteiger partial charge on any atom is 0.332 e. The van der Waals surface area contributed by atoms with Crippen molar-refractivity contribution in [3.8, 4) is 0 Å². The molecule has 2 atom stereocenters. The molecule has 1 N–H and O–H groups in total. The highest BCUT2D eigenvalue weighted by Gasteiger charge is 2.52. The fourth-order valence-corrected chi connectivity index (χ4v) is 1.36. The molecule has 2 unspecified atom stereocenters. The van der Waals surface area contributed by atoms with Gasteiger partial charge in [-0.1, -0.05) is 0 Å². The molecule has 0 saturated carbocycles. The number of hydrogen-bond acceptors (Lipinski definition) is 3. The molecule has 0 aromatic rings. The monoisotopic (exact) mass is 298 g/mol. The quantitative estimate of drug-likeness (QED) is 0.494. The number of allylic oxidation sites excluding steroid dienone is 2. The summed E-state index contributed by atoms with van der Waals surface area (Å²) in [5.74, 6) is -12.2. The maximum atomic E-state index is 13.5. The molecule has 20 heavy (non-hydrogen) atoms. The first-order valence-corrected chi connectivity index (χ1v) is 5.00. The van der Waals surface area contributed by atoms with E-state index in [1.54, 1.807) is 0 Å². The van der Waals surface area contributed by atoms with E-state index in [0.29, 0.717) is 6.92 Å². The van der Waals surface area contributed by atoms with Gasteiger partial charge in [-0.05, 0) is 6.92 Å². The number of carbonyl (C=O) groups is 2. The van der Waals surface area contributed by atoms with Gasteiger partial charge in [-0.2, -0.15) is 0 Å². The number of carboxylic acids is 1. The van der Waals surface area contributed by atoms with Crippen molar-refractivity contribution in [2.45, 2.75) is 18.7 Å². The van der Waals surface area contributed by atoms with Crippen LogP contribution in [0.2, 0.25) is 0 Å². The third-order valence-electron chi connectivity index (χ3n) is 2.41. The Bertz CT molecular complexity index is 551. The van der Waals surface area contributed by atoms with Crippen LogP contribution in [0.25, 0.3) is 0 Å². The molecule has 0 heterocycles. The normalized spacial score (nSPS) is 27.2. The van der Waals surface area contributed by atoms with Gasteiger partial charge in [0.05, 0.1) is 0 Å². The van der Waals surface area contributed by atoms with Crippen molar-refractivity contribution in [1.29, 1.82) is 0 Å². The van der Waals surface area contributed by atoms with E-state index >= 15 is 0 Å². The van der Waals surface area contributed by atoms with Crippen molar-refractivity contribution in [2.75, 3.05) is 0 Å². The molecule has 0 aliphatic heterocycles. The van der Waals surface area contributed by atoms with Crippen LogP contribution >= 0.6 is 0 Å². The minimum absolute atomic E-state index is 0.276. The standard InChI is InChI=1S/C11H7F5O4/c1-11(20-5(19)3-2-4(17)18)9(15)7(13)6(12)8(14)10(11)16/h2-3,9H,1H3,(H,17,18). The Morgan fingerprint density at radius 1 is 1.20 bits per heavy atom. The molecule has 1 aliphatic rings.